The number of carbonyl (C=O) groups is 4. The summed E-state index contributed by atoms with van der Waals surface area (Å²) in [6.45, 7) is 13.5. The molecule has 4 fully saturated rings. The highest BCUT2D eigenvalue weighted by Crippen LogP contribution is 2.72. The SMILES string of the molecule is CC(=O)O[C@H]1CC(=O)OC(C)(C)[C@@H]2C[C@@H](OC(C)=O)[C@@]3(C)C4=CC[C@@H]([C@H]5COC(=O)[C@H](O)C5)[C@]4(C)CC[C@@H]3[C@@]12C. The minimum Gasteiger partial charge on any atom is -0.463 e. The quantitative estimate of drug-likeness (QED) is 0.311. The van der Waals surface area contributed by atoms with Crippen molar-refractivity contribution in [3.8, 4) is 0 Å². The number of hydrogen-bond acceptors (Lipinski definition) is 9. The zero-order chi connectivity index (χ0) is 29.4. The van der Waals surface area contributed by atoms with Gasteiger partial charge in [-0.05, 0) is 63.2 Å². The summed E-state index contributed by atoms with van der Waals surface area (Å²) in [5, 5.41) is 10.3. The van der Waals surface area contributed by atoms with E-state index in [0.29, 0.717) is 12.8 Å². The Bertz CT molecular complexity index is 1140. The van der Waals surface area contributed by atoms with Crippen LogP contribution in [-0.4, -0.2) is 59.5 Å². The van der Waals surface area contributed by atoms with Crippen molar-refractivity contribution in [1.82, 2.24) is 0 Å². The van der Waals surface area contributed by atoms with Crippen molar-refractivity contribution in [3.05, 3.63) is 11.6 Å². The van der Waals surface area contributed by atoms with E-state index in [1.165, 1.54) is 19.4 Å². The standard InChI is InChI=1S/C31H44O9/c1-16(32)38-24-13-23-28(3,4)40-26(35)14-25(39-17(2)33)31(23,7)22-10-11-29(5)19(8-9-21(29)30(22,24)6)18-12-20(34)27(36)37-15-18/h9,18-20,22-25,34H,8,10-15H2,1-7H3/t18-,19+,20-,22+,23+,24-,25+,29+,30+,31-/m1/s1. The minimum atomic E-state index is -1.11. The van der Waals surface area contributed by atoms with Gasteiger partial charge in [-0.25, -0.2) is 4.79 Å². The largest absolute Gasteiger partial charge is 0.463 e. The van der Waals surface area contributed by atoms with Crippen molar-refractivity contribution < 1.29 is 43.2 Å². The van der Waals surface area contributed by atoms with Crippen molar-refractivity contribution in [3.63, 3.8) is 0 Å². The van der Waals surface area contributed by atoms with Gasteiger partial charge < -0.3 is 24.1 Å². The Kier molecular flexibility index (Phi) is 6.96. The van der Waals surface area contributed by atoms with Crippen LogP contribution in [0.25, 0.3) is 0 Å². The third-order valence-electron chi connectivity index (χ3n) is 11.6. The highest BCUT2D eigenvalue weighted by Gasteiger charge is 2.71. The first-order chi connectivity index (χ1) is 18.5. The van der Waals surface area contributed by atoms with E-state index in [1.54, 1.807) is 0 Å². The fraction of sp³-hybridized carbons (Fsp3) is 0.806. The van der Waals surface area contributed by atoms with Crippen LogP contribution in [0.3, 0.4) is 0 Å². The van der Waals surface area contributed by atoms with E-state index in [1.807, 2.05) is 13.8 Å². The Morgan fingerprint density at radius 2 is 1.62 bits per heavy atom. The van der Waals surface area contributed by atoms with Crippen LogP contribution in [0.5, 0.6) is 0 Å². The molecule has 2 saturated carbocycles. The van der Waals surface area contributed by atoms with Gasteiger partial charge in [0.25, 0.3) is 0 Å². The second-order valence-corrected chi connectivity index (χ2v) is 14.0. The van der Waals surface area contributed by atoms with E-state index in [-0.39, 0.29) is 48.1 Å². The summed E-state index contributed by atoms with van der Waals surface area (Å²) in [5.41, 5.74) is -1.14. The molecule has 9 heteroatoms. The molecule has 0 bridgehead atoms. The number of aliphatic hydroxyl groups excluding tert-OH is 1. The lowest BCUT2D eigenvalue weighted by Crippen LogP contribution is -2.67. The lowest BCUT2D eigenvalue weighted by molar-refractivity contribution is -0.227. The Morgan fingerprint density at radius 1 is 0.975 bits per heavy atom. The number of allylic oxidation sites excluding steroid dienone is 1. The highest BCUT2D eigenvalue weighted by atomic mass is 16.6. The topological polar surface area (TPSA) is 125 Å². The number of rotatable bonds is 3. The van der Waals surface area contributed by atoms with Crippen LogP contribution in [0.15, 0.2) is 11.6 Å². The molecule has 10 atom stereocenters. The first kappa shape index (κ1) is 29.1. The normalized spacial score (nSPS) is 45.9. The second kappa shape index (κ2) is 9.57. The van der Waals surface area contributed by atoms with Crippen molar-refractivity contribution >= 4 is 23.9 Å². The molecule has 0 amide bonds. The highest BCUT2D eigenvalue weighted by molar-refractivity contribution is 5.75. The number of carbonyl (C=O) groups excluding carboxylic acids is 4. The van der Waals surface area contributed by atoms with Crippen LogP contribution in [-0.2, 0) is 38.1 Å². The molecular formula is C31H44O9. The molecule has 5 rings (SSSR count). The Labute approximate surface area is 236 Å². The Morgan fingerprint density at radius 3 is 2.25 bits per heavy atom. The van der Waals surface area contributed by atoms with Gasteiger partial charge in [-0.3, -0.25) is 14.4 Å². The number of ether oxygens (including phenoxy) is 4. The molecule has 0 spiro atoms. The maximum atomic E-state index is 13.0. The molecule has 40 heavy (non-hydrogen) atoms. The summed E-state index contributed by atoms with van der Waals surface area (Å²) in [6, 6.07) is 0. The fourth-order valence-electron chi connectivity index (χ4n) is 10.1. The molecule has 2 aliphatic heterocycles. The molecule has 9 nitrogen and oxygen atoms in total. The first-order valence-electron chi connectivity index (χ1n) is 14.7. The van der Waals surface area contributed by atoms with Crippen LogP contribution in [0.1, 0.15) is 87.0 Å². The molecule has 0 aromatic carbocycles. The van der Waals surface area contributed by atoms with Crippen molar-refractivity contribution in [1.29, 1.82) is 0 Å². The summed E-state index contributed by atoms with van der Waals surface area (Å²) in [4.78, 5) is 49.8. The maximum absolute atomic E-state index is 13.0. The molecule has 0 aromatic heterocycles. The summed E-state index contributed by atoms with van der Waals surface area (Å²) in [6.07, 6.45) is 3.20. The zero-order valence-electron chi connectivity index (χ0n) is 24.8. The second-order valence-electron chi connectivity index (χ2n) is 14.0. The van der Waals surface area contributed by atoms with Gasteiger partial charge in [0, 0.05) is 36.5 Å². The molecular weight excluding hydrogens is 516 g/mol. The molecule has 0 aromatic rings. The number of cyclic esters (lactones) is 2. The van der Waals surface area contributed by atoms with Gasteiger partial charge in [0.05, 0.1) is 13.0 Å². The summed E-state index contributed by atoms with van der Waals surface area (Å²) in [7, 11) is 0. The average molecular weight is 561 g/mol. The van der Waals surface area contributed by atoms with Gasteiger partial charge in [-0.1, -0.05) is 32.4 Å². The zero-order valence-corrected chi connectivity index (χ0v) is 24.8. The van der Waals surface area contributed by atoms with E-state index in [4.69, 9.17) is 18.9 Å². The summed E-state index contributed by atoms with van der Waals surface area (Å²) in [5.74, 6) is -1.89. The number of aliphatic hydroxyl groups is 1. The van der Waals surface area contributed by atoms with Gasteiger partial charge in [0.1, 0.15) is 17.8 Å². The van der Waals surface area contributed by atoms with Gasteiger partial charge in [-0.2, -0.15) is 0 Å². The first-order valence-corrected chi connectivity index (χ1v) is 14.7. The molecule has 5 aliphatic rings. The smallest absolute Gasteiger partial charge is 0.334 e. The fourth-order valence-corrected chi connectivity index (χ4v) is 10.1. The van der Waals surface area contributed by atoms with Crippen molar-refractivity contribution in [2.24, 2.45) is 39.9 Å². The Hall–Kier alpha value is -2.42. The lowest BCUT2D eigenvalue weighted by Gasteiger charge is -2.66. The number of esters is 4. The monoisotopic (exact) mass is 560 g/mol. The molecule has 1 N–H and O–H groups in total. The molecule has 0 unspecified atom stereocenters. The number of fused-ring (bicyclic) bond motifs is 5. The van der Waals surface area contributed by atoms with Crippen LogP contribution < -0.4 is 0 Å². The van der Waals surface area contributed by atoms with Crippen LogP contribution in [0.4, 0.5) is 0 Å². The third kappa shape index (κ3) is 4.21. The number of hydrogen-bond donors (Lipinski definition) is 1. The van der Waals surface area contributed by atoms with Crippen molar-refractivity contribution in [2.45, 2.75) is 111 Å². The van der Waals surface area contributed by atoms with Crippen LogP contribution in [0.2, 0.25) is 0 Å². The molecule has 0 radical (unpaired) electrons. The lowest BCUT2D eigenvalue weighted by atomic mass is 9.39. The molecule has 2 heterocycles. The van der Waals surface area contributed by atoms with Gasteiger partial charge in [-0.15, -0.1) is 0 Å². The average Bonchev–Trinajstić information content (AvgIpc) is 3.16. The summed E-state index contributed by atoms with van der Waals surface area (Å²) >= 11 is 0. The third-order valence-corrected chi connectivity index (χ3v) is 11.6. The van der Waals surface area contributed by atoms with Crippen LogP contribution in [0, 0.1) is 39.9 Å². The van der Waals surface area contributed by atoms with Gasteiger partial charge in [0.15, 0.2) is 6.10 Å². The van der Waals surface area contributed by atoms with E-state index in [2.05, 4.69) is 26.8 Å². The minimum absolute atomic E-state index is 0.0160. The van der Waals surface area contributed by atoms with E-state index in [0.717, 1.165) is 19.3 Å². The van der Waals surface area contributed by atoms with Crippen LogP contribution >= 0.6 is 0 Å². The van der Waals surface area contributed by atoms with Crippen molar-refractivity contribution in [2.75, 3.05) is 6.61 Å². The van der Waals surface area contributed by atoms with E-state index in [9.17, 15) is 24.3 Å². The molecule has 3 aliphatic carbocycles. The van der Waals surface area contributed by atoms with E-state index >= 15 is 0 Å². The summed E-state index contributed by atoms with van der Waals surface area (Å²) < 4.78 is 23.4. The molecule has 222 valence electrons. The van der Waals surface area contributed by atoms with Gasteiger partial charge >= 0.3 is 23.9 Å². The van der Waals surface area contributed by atoms with Gasteiger partial charge in [0.2, 0.25) is 0 Å². The Balaban J connectivity index is 1.61. The maximum Gasteiger partial charge on any atom is 0.334 e. The predicted octanol–water partition coefficient (Wildman–Crippen LogP) is 3.89. The molecule has 2 saturated heterocycles. The van der Waals surface area contributed by atoms with E-state index < -0.39 is 52.7 Å². The predicted molar refractivity (Wildman–Crippen MR) is 142 cm³/mol.